The summed E-state index contributed by atoms with van der Waals surface area (Å²) in [4.78, 5) is 41.9. The standard InChI is InChI=1S/C28H26BrCl2N3O3/c1-3-26(36)33-11-17(12-33)8-20(35)14-34-15-23(22-9-19(30)10-25(31)27(22)34)28(37)32-5-4-21-18(13-32)6-16(2)7-24(21)29/h3,6-7,9-10,15,17H,1,4-5,8,11-14H2,2H3. The van der Waals surface area contributed by atoms with Crippen LogP contribution in [0.3, 0.4) is 0 Å². The molecule has 9 heteroatoms. The minimum Gasteiger partial charge on any atom is -0.338 e. The highest BCUT2D eigenvalue weighted by Gasteiger charge is 2.31. The lowest BCUT2D eigenvalue weighted by atomic mass is 9.94. The zero-order valence-corrected chi connectivity index (χ0v) is 23.5. The maximum Gasteiger partial charge on any atom is 0.256 e. The number of amides is 2. The third-order valence-electron chi connectivity index (χ3n) is 7.14. The molecule has 1 saturated heterocycles. The SMILES string of the molecule is C=CC(=O)N1CC(CC(=O)Cn2cc(C(=O)N3CCc4c(Br)cc(C)cc4C3)c3cc(Cl)cc(Cl)c32)C1. The van der Waals surface area contributed by atoms with E-state index in [-0.39, 0.29) is 30.1 Å². The molecular weight excluding hydrogens is 577 g/mol. The van der Waals surface area contributed by atoms with Crippen molar-refractivity contribution in [2.24, 2.45) is 5.92 Å². The number of Topliss-reactive ketones (excluding diaryl/α,β-unsaturated/α-hetero) is 1. The smallest absolute Gasteiger partial charge is 0.256 e. The maximum absolute atomic E-state index is 13.8. The monoisotopic (exact) mass is 601 g/mol. The Morgan fingerprint density at radius 1 is 1.14 bits per heavy atom. The zero-order valence-electron chi connectivity index (χ0n) is 20.4. The van der Waals surface area contributed by atoms with E-state index in [2.05, 4.69) is 34.6 Å². The second kappa shape index (κ2) is 10.3. The van der Waals surface area contributed by atoms with Crippen molar-refractivity contribution in [3.8, 4) is 0 Å². The summed E-state index contributed by atoms with van der Waals surface area (Å²) in [5, 5.41) is 1.46. The predicted molar refractivity (Wildman–Crippen MR) is 149 cm³/mol. The van der Waals surface area contributed by atoms with Gasteiger partial charge in [-0.3, -0.25) is 14.4 Å². The molecule has 2 aliphatic rings. The van der Waals surface area contributed by atoms with Gasteiger partial charge in [-0.15, -0.1) is 0 Å². The number of aryl methyl sites for hydroxylation is 1. The molecule has 5 rings (SSSR count). The Balaban J connectivity index is 1.39. The Morgan fingerprint density at radius 3 is 2.62 bits per heavy atom. The number of carbonyl (C=O) groups excluding carboxylic acids is 3. The number of nitrogens with zero attached hydrogens (tertiary/aromatic N) is 3. The van der Waals surface area contributed by atoms with Gasteiger partial charge in [-0.25, -0.2) is 0 Å². The third kappa shape index (κ3) is 5.09. The van der Waals surface area contributed by atoms with Crippen molar-refractivity contribution in [3.63, 3.8) is 0 Å². The van der Waals surface area contributed by atoms with Crippen molar-refractivity contribution in [1.82, 2.24) is 14.4 Å². The van der Waals surface area contributed by atoms with E-state index < -0.39 is 0 Å². The molecule has 2 aliphatic heterocycles. The molecule has 3 aromatic rings. The molecule has 0 radical (unpaired) electrons. The number of benzene rings is 2. The van der Waals surface area contributed by atoms with Crippen molar-refractivity contribution in [2.75, 3.05) is 19.6 Å². The number of hydrogen-bond acceptors (Lipinski definition) is 3. The molecule has 0 aliphatic carbocycles. The van der Waals surface area contributed by atoms with Gasteiger partial charge >= 0.3 is 0 Å². The van der Waals surface area contributed by atoms with Crippen LogP contribution in [0.15, 0.2) is 47.6 Å². The van der Waals surface area contributed by atoms with E-state index in [1.807, 2.05) is 11.8 Å². The molecule has 2 amide bonds. The van der Waals surface area contributed by atoms with Crippen LogP contribution < -0.4 is 0 Å². The van der Waals surface area contributed by atoms with Gasteiger partial charge in [0.15, 0.2) is 5.78 Å². The highest BCUT2D eigenvalue weighted by molar-refractivity contribution is 9.10. The maximum atomic E-state index is 13.8. The molecular formula is C28H26BrCl2N3O3. The van der Waals surface area contributed by atoms with Crippen LogP contribution in [0.2, 0.25) is 10.0 Å². The molecule has 37 heavy (non-hydrogen) atoms. The number of halogens is 3. The van der Waals surface area contributed by atoms with E-state index in [9.17, 15) is 14.4 Å². The molecule has 1 aromatic heterocycles. The minimum atomic E-state index is -0.116. The minimum absolute atomic E-state index is 0.0184. The number of carbonyl (C=O) groups is 3. The number of aromatic nitrogens is 1. The van der Waals surface area contributed by atoms with Crippen LogP contribution in [-0.4, -0.2) is 51.6 Å². The Labute approximate surface area is 233 Å². The van der Waals surface area contributed by atoms with Crippen LogP contribution in [0, 0.1) is 12.8 Å². The lowest BCUT2D eigenvalue weighted by Crippen LogP contribution is -2.50. The molecule has 0 unspecified atom stereocenters. The number of ketones is 1. The fourth-order valence-corrected chi connectivity index (χ4v) is 6.79. The average Bonchev–Trinajstić information content (AvgIpc) is 3.17. The molecule has 0 atom stereocenters. The van der Waals surface area contributed by atoms with Crippen LogP contribution in [0.1, 0.15) is 33.5 Å². The fourth-order valence-electron chi connectivity index (χ4n) is 5.37. The summed E-state index contributed by atoms with van der Waals surface area (Å²) < 4.78 is 2.83. The van der Waals surface area contributed by atoms with Crippen molar-refractivity contribution in [2.45, 2.75) is 32.9 Å². The third-order valence-corrected chi connectivity index (χ3v) is 8.35. The zero-order chi connectivity index (χ0) is 26.4. The molecule has 2 aromatic carbocycles. The Hall–Kier alpha value is -2.61. The first-order valence-corrected chi connectivity index (χ1v) is 13.7. The normalized spacial score (nSPS) is 15.5. The molecule has 192 valence electrons. The highest BCUT2D eigenvalue weighted by Crippen LogP contribution is 2.34. The Bertz CT molecular complexity index is 1460. The van der Waals surface area contributed by atoms with E-state index in [0.29, 0.717) is 59.1 Å². The molecule has 0 bridgehead atoms. The van der Waals surface area contributed by atoms with Gasteiger partial charge in [-0.05, 0) is 54.3 Å². The molecule has 3 heterocycles. The summed E-state index contributed by atoms with van der Waals surface area (Å²) in [6.45, 7) is 7.83. The van der Waals surface area contributed by atoms with E-state index in [1.54, 1.807) is 27.8 Å². The summed E-state index contributed by atoms with van der Waals surface area (Å²) >= 11 is 16.5. The van der Waals surface area contributed by atoms with Crippen molar-refractivity contribution in [1.29, 1.82) is 0 Å². The van der Waals surface area contributed by atoms with Crippen molar-refractivity contribution in [3.05, 3.63) is 79.9 Å². The van der Waals surface area contributed by atoms with Gasteiger partial charge in [0.2, 0.25) is 5.91 Å². The van der Waals surface area contributed by atoms with Crippen LogP contribution in [0.4, 0.5) is 0 Å². The summed E-state index contributed by atoms with van der Waals surface area (Å²) in [6, 6.07) is 7.59. The van der Waals surface area contributed by atoms with Crippen molar-refractivity contribution >= 4 is 67.6 Å². The van der Waals surface area contributed by atoms with Gasteiger partial charge < -0.3 is 14.4 Å². The lowest BCUT2D eigenvalue weighted by Gasteiger charge is -2.38. The van der Waals surface area contributed by atoms with E-state index >= 15 is 0 Å². The highest BCUT2D eigenvalue weighted by atomic mass is 79.9. The molecule has 1 fully saturated rings. The topological polar surface area (TPSA) is 62.6 Å². The van der Waals surface area contributed by atoms with Gasteiger partial charge in [-0.2, -0.15) is 0 Å². The van der Waals surface area contributed by atoms with Gasteiger partial charge in [0.1, 0.15) is 0 Å². The lowest BCUT2D eigenvalue weighted by molar-refractivity contribution is -0.134. The number of likely N-dealkylation sites (tertiary alicyclic amines) is 1. The van der Waals surface area contributed by atoms with Crippen LogP contribution in [-0.2, 0) is 29.1 Å². The van der Waals surface area contributed by atoms with Crippen LogP contribution in [0.25, 0.3) is 10.9 Å². The first-order chi connectivity index (χ1) is 17.6. The van der Waals surface area contributed by atoms with E-state index in [0.717, 1.165) is 22.0 Å². The van der Waals surface area contributed by atoms with E-state index in [1.165, 1.54) is 11.6 Å². The number of fused-ring (bicyclic) bond motifs is 2. The fraction of sp³-hybridized carbons (Fsp3) is 0.321. The summed E-state index contributed by atoms with van der Waals surface area (Å²) in [5.74, 6) is -0.0876. The van der Waals surface area contributed by atoms with Gasteiger partial charge in [0, 0.05) is 59.6 Å². The Kier molecular flexibility index (Phi) is 7.22. The van der Waals surface area contributed by atoms with E-state index in [4.69, 9.17) is 23.2 Å². The Morgan fingerprint density at radius 2 is 1.89 bits per heavy atom. The average molecular weight is 603 g/mol. The van der Waals surface area contributed by atoms with Crippen LogP contribution in [0.5, 0.6) is 0 Å². The van der Waals surface area contributed by atoms with Crippen molar-refractivity contribution < 1.29 is 14.4 Å². The summed E-state index contributed by atoms with van der Waals surface area (Å²) in [6.07, 6.45) is 4.12. The summed E-state index contributed by atoms with van der Waals surface area (Å²) in [7, 11) is 0. The van der Waals surface area contributed by atoms with Gasteiger partial charge in [-0.1, -0.05) is 51.8 Å². The first-order valence-electron chi connectivity index (χ1n) is 12.1. The number of hydrogen-bond donors (Lipinski definition) is 0. The molecule has 0 saturated carbocycles. The number of rotatable bonds is 6. The molecule has 0 N–H and O–H groups in total. The van der Waals surface area contributed by atoms with Gasteiger partial charge in [0.05, 0.1) is 22.6 Å². The molecule has 6 nitrogen and oxygen atoms in total. The quantitative estimate of drug-likeness (QED) is 0.334. The first kappa shape index (κ1) is 26.0. The second-order valence-electron chi connectivity index (χ2n) is 9.87. The predicted octanol–water partition coefficient (Wildman–Crippen LogP) is 5.82. The summed E-state index contributed by atoms with van der Waals surface area (Å²) in [5.41, 5.74) is 4.60. The van der Waals surface area contributed by atoms with Gasteiger partial charge in [0.25, 0.3) is 5.91 Å². The second-order valence-corrected chi connectivity index (χ2v) is 11.6. The molecule has 0 spiro atoms. The largest absolute Gasteiger partial charge is 0.338 e. The van der Waals surface area contributed by atoms with Crippen LogP contribution >= 0.6 is 39.1 Å².